The van der Waals surface area contributed by atoms with Gasteiger partial charge in [0.25, 0.3) is 0 Å². The molecular weight excluding hydrogens is 424 g/mol. The first kappa shape index (κ1) is 21.6. The number of amides is 1. The number of ketones is 4. The molecule has 32 heavy (non-hydrogen) atoms. The summed E-state index contributed by atoms with van der Waals surface area (Å²) in [7, 11) is 0. The number of carbonyl (C=O) groups is 5. The molecule has 0 bridgehead atoms. The van der Waals surface area contributed by atoms with Crippen LogP contribution < -0.4 is 5.73 Å². The van der Waals surface area contributed by atoms with E-state index in [-0.39, 0.29) is 16.8 Å². The number of hydrogen-bond donors (Lipinski definition) is 4. The van der Waals surface area contributed by atoms with Crippen LogP contribution in [0.1, 0.15) is 35.2 Å². The van der Waals surface area contributed by atoms with Crippen molar-refractivity contribution in [2.45, 2.75) is 31.0 Å². The molecule has 1 amide bonds. The van der Waals surface area contributed by atoms with Gasteiger partial charge in [0, 0.05) is 28.9 Å². The molecule has 2 fully saturated rings. The number of benzene rings is 1. The van der Waals surface area contributed by atoms with Crippen LogP contribution in [0, 0.1) is 23.7 Å². The smallest absolute Gasteiger partial charge is 0.235 e. The molecule has 3 aliphatic rings. The summed E-state index contributed by atoms with van der Waals surface area (Å²) in [5, 5.41) is 36.1. The summed E-state index contributed by atoms with van der Waals surface area (Å²) in [5.74, 6) is -13.9. The van der Waals surface area contributed by atoms with Crippen LogP contribution in [-0.4, -0.2) is 56.1 Å². The molecule has 166 valence electrons. The van der Waals surface area contributed by atoms with Gasteiger partial charge < -0.3 is 21.1 Å². The summed E-state index contributed by atoms with van der Waals surface area (Å²) in [4.78, 5) is 66.3. The van der Waals surface area contributed by atoms with E-state index in [1.165, 1.54) is 13.0 Å². The monoisotopic (exact) mass is 442 g/mol. The number of hydrogen-bond acceptors (Lipinski definition) is 9. The van der Waals surface area contributed by atoms with E-state index >= 15 is 0 Å². The summed E-state index contributed by atoms with van der Waals surface area (Å²) >= 11 is 0. The van der Waals surface area contributed by atoms with E-state index in [0.717, 1.165) is 6.07 Å². The standard InChI is InChI=1S/C20H18N4O8/c1-5-10-7(23-24-22)2-3-8(25)12(10)16(28)14-11(5)15(27)6-4-9(26)13(19(21)31)17(29)20(6,32)18(14)30/h2-3,5-6,11,13-15,25,27,32H,4H2,1H3,(H2,21,31)/t5-,6-,11-,13?,14?,15+,20-/m1/s1. The average Bonchev–Trinajstić information content (AvgIpc) is 2.72. The van der Waals surface area contributed by atoms with E-state index in [1.54, 1.807) is 0 Å². The zero-order chi connectivity index (χ0) is 23.7. The van der Waals surface area contributed by atoms with Crippen LogP contribution in [-0.2, 0) is 19.2 Å². The normalized spacial score (nSPS) is 36.0. The van der Waals surface area contributed by atoms with Gasteiger partial charge in [-0.25, -0.2) is 0 Å². The molecule has 5 N–H and O–H groups in total. The molecule has 3 aliphatic carbocycles. The molecule has 1 aromatic carbocycles. The van der Waals surface area contributed by atoms with Gasteiger partial charge in [0.15, 0.2) is 34.7 Å². The number of azide groups is 1. The minimum absolute atomic E-state index is 0.00433. The maximum absolute atomic E-state index is 13.4. The molecule has 12 heteroatoms. The van der Waals surface area contributed by atoms with Crippen LogP contribution in [0.25, 0.3) is 10.4 Å². The molecule has 0 saturated heterocycles. The average molecular weight is 442 g/mol. The zero-order valence-corrected chi connectivity index (χ0v) is 16.6. The zero-order valence-electron chi connectivity index (χ0n) is 16.6. The molecular formula is C20H18N4O8. The molecule has 4 rings (SSSR count). The van der Waals surface area contributed by atoms with Crippen LogP contribution in [0.3, 0.4) is 0 Å². The van der Waals surface area contributed by atoms with Gasteiger partial charge in [-0.15, -0.1) is 0 Å². The highest BCUT2D eigenvalue weighted by Crippen LogP contribution is 2.55. The fourth-order valence-electron chi connectivity index (χ4n) is 5.55. The number of nitrogens with zero attached hydrogens (tertiary/aromatic N) is 3. The highest BCUT2D eigenvalue weighted by atomic mass is 16.3. The minimum atomic E-state index is -2.97. The number of aliphatic hydroxyl groups excluding tert-OH is 1. The number of primary amides is 1. The number of nitrogens with two attached hydrogens (primary N) is 1. The number of aliphatic hydroxyl groups is 2. The Morgan fingerprint density at radius 3 is 2.50 bits per heavy atom. The van der Waals surface area contributed by atoms with Gasteiger partial charge in [-0.3, -0.25) is 24.0 Å². The number of phenols is 1. The van der Waals surface area contributed by atoms with Crippen molar-refractivity contribution in [3.8, 4) is 5.75 Å². The SMILES string of the molecule is C[C@@H]1c2c(N=[N+]=[N-])ccc(O)c2C(=O)C2C(=O)[C@]3(O)C(=O)C(C(N)=O)C(=O)C[C@@H]3[C@H](O)[C@@H]21. The van der Waals surface area contributed by atoms with E-state index in [1.807, 2.05) is 0 Å². The first-order valence-corrected chi connectivity index (χ1v) is 9.74. The maximum atomic E-state index is 13.4. The Morgan fingerprint density at radius 2 is 1.91 bits per heavy atom. The lowest BCUT2D eigenvalue weighted by molar-refractivity contribution is -0.189. The first-order valence-electron chi connectivity index (χ1n) is 9.74. The molecule has 0 aliphatic heterocycles. The second-order valence-electron chi connectivity index (χ2n) is 8.39. The second kappa shape index (κ2) is 6.95. The van der Waals surface area contributed by atoms with Gasteiger partial charge in [0.05, 0.1) is 17.6 Å². The topological polar surface area (TPSA) is 221 Å². The third-order valence-corrected chi connectivity index (χ3v) is 6.97. The van der Waals surface area contributed by atoms with E-state index in [2.05, 4.69) is 10.0 Å². The van der Waals surface area contributed by atoms with E-state index in [9.17, 15) is 39.3 Å². The Bertz CT molecular complexity index is 1170. The molecule has 0 spiro atoms. The largest absolute Gasteiger partial charge is 0.507 e. The van der Waals surface area contributed by atoms with Crippen LogP contribution in [0.4, 0.5) is 5.69 Å². The summed E-state index contributed by atoms with van der Waals surface area (Å²) in [6.07, 6.45) is -2.36. The van der Waals surface area contributed by atoms with Gasteiger partial charge in [0.1, 0.15) is 5.75 Å². The Labute approximate surface area is 179 Å². The molecule has 0 aromatic heterocycles. The Kier molecular flexibility index (Phi) is 4.70. The number of Topliss-reactive ketones (excluding diaryl/α,β-unsaturated/α-hetero) is 4. The lowest BCUT2D eigenvalue weighted by Gasteiger charge is -2.53. The highest BCUT2D eigenvalue weighted by Gasteiger charge is 2.69. The highest BCUT2D eigenvalue weighted by molar-refractivity contribution is 6.31. The Morgan fingerprint density at radius 1 is 1.25 bits per heavy atom. The van der Waals surface area contributed by atoms with E-state index in [4.69, 9.17) is 11.3 Å². The number of phenolic OH excluding ortho intramolecular Hbond substituents is 1. The predicted octanol–water partition coefficient (Wildman–Crippen LogP) is -0.200. The van der Waals surface area contributed by atoms with Crippen molar-refractivity contribution >= 4 is 34.7 Å². The Hall–Kier alpha value is -3.60. The van der Waals surface area contributed by atoms with Gasteiger partial charge in [-0.05, 0) is 29.1 Å². The van der Waals surface area contributed by atoms with Gasteiger partial charge in [-0.1, -0.05) is 12.0 Å². The summed E-state index contributed by atoms with van der Waals surface area (Å²) < 4.78 is 0. The van der Waals surface area contributed by atoms with Gasteiger partial charge in [-0.2, -0.15) is 0 Å². The number of carbonyl (C=O) groups excluding carboxylic acids is 5. The maximum Gasteiger partial charge on any atom is 0.235 e. The van der Waals surface area contributed by atoms with Crippen molar-refractivity contribution in [3.05, 3.63) is 33.7 Å². The number of aromatic hydroxyl groups is 1. The Balaban J connectivity index is 1.94. The summed E-state index contributed by atoms with van der Waals surface area (Å²) in [5.41, 5.74) is 10.8. The first-order chi connectivity index (χ1) is 15.0. The van der Waals surface area contributed by atoms with Crippen molar-refractivity contribution in [1.29, 1.82) is 0 Å². The molecule has 2 unspecified atom stereocenters. The van der Waals surface area contributed by atoms with Crippen molar-refractivity contribution in [1.82, 2.24) is 0 Å². The summed E-state index contributed by atoms with van der Waals surface area (Å²) in [6.45, 7) is 1.53. The van der Waals surface area contributed by atoms with Crippen LogP contribution in [0.5, 0.6) is 5.75 Å². The fourth-order valence-corrected chi connectivity index (χ4v) is 5.55. The van der Waals surface area contributed by atoms with Crippen LogP contribution >= 0.6 is 0 Å². The van der Waals surface area contributed by atoms with Gasteiger partial charge in [0.2, 0.25) is 5.91 Å². The second-order valence-corrected chi connectivity index (χ2v) is 8.39. The molecule has 7 atom stereocenters. The molecule has 2 saturated carbocycles. The van der Waals surface area contributed by atoms with Crippen LogP contribution in [0.15, 0.2) is 17.2 Å². The van der Waals surface area contributed by atoms with Crippen LogP contribution in [0.2, 0.25) is 0 Å². The fraction of sp³-hybridized carbons (Fsp3) is 0.450. The third-order valence-electron chi connectivity index (χ3n) is 6.97. The van der Waals surface area contributed by atoms with Crippen molar-refractivity contribution in [3.63, 3.8) is 0 Å². The van der Waals surface area contributed by atoms with E-state index < -0.39 is 82.5 Å². The van der Waals surface area contributed by atoms with Crippen molar-refractivity contribution in [2.24, 2.45) is 34.5 Å². The lowest BCUT2D eigenvalue weighted by Crippen LogP contribution is -2.72. The third kappa shape index (κ3) is 2.51. The predicted molar refractivity (Wildman–Crippen MR) is 103 cm³/mol. The van der Waals surface area contributed by atoms with E-state index in [0.29, 0.717) is 0 Å². The minimum Gasteiger partial charge on any atom is -0.507 e. The lowest BCUT2D eigenvalue weighted by atomic mass is 9.50. The number of fused-ring (bicyclic) bond motifs is 3. The number of rotatable bonds is 2. The molecule has 0 radical (unpaired) electrons. The van der Waals surface area contributed by atoms with Crippen molar-refractivity contribution < 1.29 is 39.3 Å². The molecule has 12 nitrogen and oxygen atoms in total. The molecule has 1 aromatic rings. The molecule has 0 heterocycles. The van der Waals surface area contributed by atoms with Gasteiger partial charge >= 0.3 is 0 Å². The quantitative estimate of drug-likeness (QED) is 0.207. The summed E-state index contributed by atoms with van der Waals surface area (Å²) in [6, 6.07) is 2.37. The van der Waals surface area contributed by atoms with Crippen molar-refractivity contribution in [2.75, 3.05) is 0 Å².